The highest BCUT2D eigenvalue weighted by atomic mass is 28.4. The van der Waals surface area contributed by atoms with Crippen LogP contribution in [0.25, 0.3) is 0 Å². The minimum atomic E-state index is -2.02. The van der Waals surface area contributed by atoms with Gasteiger partial charge < -0.3 is 18.7 Å². The third-order valence-corrected chi connectivity index (χ3v) is 23.5. The Morgan fingerprint density at radius 3 is 1.83 bits per heavy atom. The number of Topliss-reactive ketones (excluding diaryl/α,β-unsaturated/α-hetero) is 1. The number of rotatable bonds is 10. The highest BCUT2D eigenvalue weighted by Crippen LogP contribution is 2.68. The molecule has 9 atom stereocenters. The van der Waals surface area contributed by atoms with Crippen molar-refractivity contribution in [3.63, 3.8) is 0 Å². The minimum absolute atomic E-state index is 0.0508. The van der Waals surface area contributed by atoms with Crippen LogP contribution in [0.5, 0.6) is 0 Å². The molecule has 0 radical (unpaired) electrons. The molecule has 3 fully saturated rings. The third kappa shape index (κ3) is 4.59. The first kappa shape index (κ1) is 34.6. The summed E-state index contributed by atoms with van der Waals surface area (Å²) in [5, 5.41) is 13.3. The summed E-state index contributed by atoms with van der Waals surface area (Å²) >= 11 is 0. The number of ether oxygens (including phenoxy) is 1. The lowest BCUT2D eigenvalue weighted by molar-refractivity contribution is -0.299. The molecule has 0 aromatic rings. The average Bonchev–Trinajstić information content (AvgIpc) is 2.96. The van der Waals surface area contributed by atoms with Crippen LogP contribution in [0.3, 0.4) is 0 Å². The first-order valence-electron chi connectivity index (χ1n) is 17.4. The van der Waals surface area contributed by atoms with Crippen LogP contribution in [0.15, 0.2) is 11.1 Å². The number of hydrogen-bond acceptors (Lipinski definition) is 5. The van der Waals surface area contributed by atoms with E-state index in [0.29, 0.717) is 18.8 Å². The van der Waals surface area contributed by atoms with Crippen LogP contribution in [-0.4, -0.2) is 58.0 Å². The number of carbonyl (C=O) groups is 1. The predicted octanol–water partition coefficient (Wildman–Crippen LogP) is 8.53. The SMILES string of the molecule is CC[Si](CC)(CC)O[C@H]1C[C@@]2(O)[C@@H](C)C3[C@]4(C)CO[C@@H]4C[C@H](O[Si](CC)(CC)CC)[C@@]3(C)C(=O)[C@H](C)C(=C1C)C2(C)C. The molecule has 42 heavy (non-hydrogen) atoms. The Morgan fingerprint density at radius 1 is 0.881 bits per heavy atom. The molecule has 0 amide bonds. The monoisotopic (exact) mass is 620 g/mol. The number of fused-ring (bicyclic) bond motifs is 5. The zero-order chi connectivity index (χ0) is 31.7. The van der Waals surface area contributed by atoms with Crippen molar-refractivity contribution in [1.29, 1.82) is 0 Å². The molecule has 1 N–H and O–H groups in total. The Morgan fingerprint density at radius 2 is 1.38 bits per heavy atom. The number of ketones is 1. The first-order chi connectivity index (χ1) is 19.5. The fourth-order valence-electron chi connectivity index (χ4n) is 10.8. The van der Waals surface area contributed by atoms with Gasteiger partial charge in [0.1, 0.15) is 5.78 Å². The number of hydrogen-bond donors (Lipinski definition) is 1. The summed E-state index contributed by atoms with van der Waals surface area (Å²) in [7, 11) is -3.98. The summed E-state index contributed by atoms with van der Waals surface area (Å²) < 4.78 is 20.9. The Kier molecular flexibility index (Phi) is 9.45. The van der Waals surface area contributed by atoms with E-state index in [2.05, 4.69) is 90.0 Å². The number of carbonyl (C=O) groups excluding carboxylic acids is 1. The van der Waals surface area contributed by atoms with Crippen LogP contribution in [0.1, 0.15) is 103 Å². The molecule has 2 saturated carbocycles. The fraction of sp³-hybridized carbons (Fsp3) is 0.914. The summed E-state index contributed by atoms with van der Waals surface area (Å²) in [5.74, 6) is -0.192. The first-order valence-corrected chi connectivity index (χ1v) is 22.5. The molecule has 1 unspecified atom stereocenters. The van der Waals surface area contributed by atoms with Gasteiger partial charge in [0.05, 0.1) is 35.9 Å². The van der Waals surface area contributed by atoms with Gasteiger partial charge >= 0.3 is 0 Å². The number of aliphatic hydroxyl groups is 1. The lowest BCUT2D eigenvalue weighted by Gasteiger charge is -2.69. The van der Waals surface area contributed by atoms with Crippen LogP contribution >= 0.6 is 0 Å². The van der Waals surface area contributed by atoms with E-state index in [0.717, 1.165) is 48.3 Å². The van der Waals surface area contributed by atoms with Crippen molar-refractivity contribution in [2.24, 2.45) is 34.0 Å². The van der Waals surface area contributed by atoms with Gasteiger partial charge in [-0.2, -0.15) is 0 Å². The molecule has 2 bridgehead atoms. The topological polar surface area (TPSA) is 65.0 Å². The van der Waals surface area contributed by atoms with E-state index in [1.54, 1.807) is 0 Å². The van der Waals surface area contributed by atoms with Crippen LogP contribution in [0, 0.1) is 34.0 Å². The van der Waals surface area contributed by atoms with E-state index >= 15 is 4.79 Å². The van der Waals surface area contributed by atoms with E-state index in [4.69, 9.17) is 13.6 Å². The lowest BCUT2D eigenvalue weighted by atomic mass is 9.40. The minimum Gasteiger partial charge on any atom is -0.413 e. The zero-order valence-electron chi connectivity index (χ0n) is 29.4. The molecule has 0 spiro atoms. The molecule has 1 aliphatic heterocycles. The second-order valence-electron chi connectivity index (χ2n) is 15.7. The highest BCUT2D eigenvalue weighted by Gasteiger charge is 2.73. The zero-order valence-corrected chi connectivity index (χ0v) is 31.4. The van der Waals surface area contributed by atoms with Crippen molar-refractivity contribution in [2.75, 3.05) is 6.61 Å². The van der Waals surface area contributed by atoms with Gasteiger partial charge in [0.2, 0.25) is 0 Å². The molecular weight excluding hydrogens is 557 g/mol. The summed E-state index contributed by atoms with van der Waals surface area (Å²) in [5.41, 5.74) is -0.156. The standard InChI is InChI=1S/C35H64O5Si2/c1-14-41(15-2,16-3)39-26-21-35(37)25(9)30-33(12)22-38-27(33)20-28(40-42(17-4,18-5)19-6)34(30,13)31(36)24(8)29(23(26)7)32(35,10)11/h24-28,30,37H,14-22H2,1-13H3/t24-,25+,26+,27-,28+,30?,33-,34-,35-/m1/s1. The van der Waals surface area contributed by atoms with E-state index in [-0.39, 0.29) is 41.5 Å². The summed E-state index contributed by atoms with van der Waals surface area (Å²) in [6.45, 7) is 29.8. The second-order valence-corrected chi connectivity index (χ2v) is 25.2. The Labute approximate surface area is 260 Å². The summed E-state index contributed by atoms with van der Waals surface area (Å²) in [6, 6.07) is 6.37. The van der Waals surface area contributed by atoms with Crippen molar-refractivity contribution in [3.8, 4) is 0 Å². The molecule has 0 aromatic carbocycles. The molecular formula is C35H64O5Si2. The fourth-order valence-corrected chi connectivity index (χ4v) is 16.6. The molecule has 4 aliphatic rings. The van der Waals surface area contributed by atoms with Gasteiger partial charge in [0.25, 0.3) is 0 Å². The maximum absolute atomic E-state index is 15.3. The van der Waals surface area contributed by atoms with Gasteiger partial charge in [0.15, 0.2) is 16.6 Å². The van der Waals surface area contributed by atoms with Gasteiger partial charge in [-0.25, -0.2) is 0 Å². The molecule has 1 saturated heterocycles. The predicted molar refractivity (Wildman–Crippen MR) is 178 cm³/mol. The highest BCUT2D eigenvalue weighted by molar-refractivity contribution is 6.74. The van der Waals surface area contributed by atoms with Crippen molar-refractivity contribution >= 4 is 22.4 Å². The largest absolute Gasteiger partial charge is 0.413 e. The Hall–Kier alpha value is -0.316. The van der Waals surface area contributed by atoms with Crippen LogP contribution in [0.4, 0.5) is 0 Å². The van der Waals surface area contributed by atoms with Gasteiger partial charge in [0, 0.05) is 29.6 Å². The maximum Gasteiger partial charge on any atom is 0.192 e. The average molecular weight is 621 g/mol. The molecule has 4 rings (SSSR count). The third-order valence-electron chi connectivity index (χ3n) is 14.2. The molecule has 242 valence electrons. The second kappa shape index (κ2) is 11.5. The molecule has 7 heteroatoms. The Bertz CT molecular complexity index is 1050. The lowest BCUT2D eigenvalue weighted by Crippen LogP contribution is -2.75. The van der Waals surface area contributed by atoms with E-state index < -0.39 is 33.1 Å². The normalized spacial score (nSPS) is 41.9. The molecule has 1 heterocycles. The van der Waals surface area contributed by atoms with E-state index in [1.165, 1.54) is 5.57 Å². The van der Waals surface area contributed by atoms with Crippen molar-refractivity contribution in [3.05, 3.63) is 11.1 Å². The quantitative estimate of drug-likeness (QED) is 0.196. The summed E-state index contributed by atoms with van der Waals surface area (Å²) in [4.78, 5) is 15.3. The maximum atomic E-state index is 15.3. The van der Waals surface area contributed by atoms with Crippen molar-refractivity contribution in [1.82, 2.24) is 0 Å². The van der Waals surface area contributed by atoms with E-state index in [1.807, 2.05) is 0 Å². The molecule has 5 nitrogen and oxygen atoms in total. The van der Waals surface area contributed by atoms with Gasteiger partial charge in [-0.15, -0.1) is 0 Å². The van der Waals surface area contributed by atoms with Gasteiger partial charge in [-0.3, -0.25) is 4.79 Å². The van der Waals surface area contributed by atoms with Crippen molar-refractivity contribution in [2.45, 2.75) is 163 Å². The van der Waals surface area contributed by atoms with Gasteiger partial charge in [-0.05, 0) is 67.5 Å². The van der Waals surface area contributed by atoms with Crippen molar-refractivity contribution < 1.29 is 23.5 Å². The van der Waals surface area contributed by atoms with E-state index in [9.17, 15) is 5.11 Å². The van der Waals surface area contributed by atoms with Gasteiger partial charge in [-0.1, -0.05) is 81.7 Å². The van der Waals surface area contributed by atoms with Crippen LogP contribution in [-0.2, 0) is 18.4 Å². The van der Waals surface area contributed by atoms with Crippen LogP contribution < -0.4 is 0 Å². The Balaban J connectivity index is 1.95. The molecule has 3 aliphatic carbocycles. The molecule has 0 aromatic heterocycles. The van der Waals surface area contributed by atoms with Crippen LogP contribution in [0.2, 0.25) is 36.3 Å². The smallest absolute Gasteiger partial charge is 0.192 e. The summed E-state index contributed by atoms with van der Waals surface area (Å²) in [6.07, 6.45) is 1.07.